The molecule has 2 rings (SSSR count). The van der Waals surface area contributed by atoms with Crippen LogP contribution in [0.4, 0.5) is 5.13 Å². The third-order valence-corrected chi connectivity index (χ3v) is 5.98. The molecular weight excluding hydrogens is 372 g/mol. The number of rotatable bonds is 9. The summed E-state index contributed by atoms with van der Waals surface area (Å²) in [6, 6.07) is 0.477. The summed E-state index contributed by atoms with van der Waals surface area (Å²) >= 11 is 2.73. The maximum Gasteiger partial charge on any atom is 0.317 e. The molecule has 1 heterocycles. The smallest absolute Gasteiger partial charge is 0.317 e. The van der Waals surface area contributed by atoms with Gasteiger partial charge in [0.1, 0.15) is 0 Å². The number of hydrogen-bond donors (Lipinski definition) is 2. The second kappa shape index (κ2) is 10.7. The summed E-state index contributed by atoms with van der Waals surface area (Å²) in [6.07, 6.45) is 5.38. The molecule has 26 heavy (non-hydrogen) atoms. The number of nitrogens with zero attached hydrogens (tertiary/aromatic N) is 2. The molecule has 7 nitrogen and oxygen atoms in total. The number of anilines is 1. The molecule has 0 saturated heterocycles. The maximum atomic E-state index is 11.9. The van der Waals surface area contributed by atoms with Crippen LogP contribution in [0.15, 0.2) is 4.34 Å². The van der Waals surface area contributed by atoms with Crippen molar-refractivity contribution in [2.45, 2.75) is 69.4 Å². The van der Waals surface area contributed by atoms with E-state index in [1.165, 1.54) is 55.2 Å². The van der Waals surface area contributed by atoms with E-state index in [2.05, 4.69) is 20.8 Å². The molecule has 0 unspecified atom stereocenters. The Morgan fingerprint density at radius 2 is 1.96 bits per heavy atom. The Labute approximate surface area is 163 Å². The number of carbonyl (C=O) groups is 2. The van der Waals surface area contributed by atoms with Crippen LogP contribution in [0.5, 0.6) is 0 Å². The van der Waals surface area contributed by atoms with Gasteiger partial charge in [-0.05, 0) is 25.7 Å². The van der Waals surface area contributed by atoms with Gasteiger partial charge in [0.25, 0.3) is 5.91 Å². The number of ether oxygens (including phenoxy) is 1. The Kier molecular flexibility index (Phi) is 8.64. The van der Waals surface area contributed by atoms with Crippen molar-refractivity contribution < 1.29 is 14.3 Å². The van der Waals surface area contributed by atoms with Gasteiger partial charge in [-0.15, -0.1) is 10.2 Å². The van der Waals surface area contributed by atoms with Gasteiger partial charge >= 0.3 is 5.97 Å². The molecule has 2 N–H and O–H groups in total. The zero-order valence-electron chi connectivity index (χ0n) is 15.6. The molecule has 1 fully saturated rings. The summed E-state index contributed by atoms with van der Waals surface area (Å²) in [4.78, 5) is 23.7. The van der Waals surface area contributed by atoms with Gasteiger partial charge in [0.05, 0.1) is 5.75 Å². The number of carbonyl (C=O) groups excluding carboxylic acids is 2. The second-order valence-electron chi connectivity index (χ2n) is 6.91. The fourth-order valence-electron chi connectivity index (χ4n) is 2.60. The van der Waals surface area contributed by atoms with Gasteiger partial charge in [0, 0.05) is 12.6 Å². The summed E-state index contributed by atoms with van der Waals surface area (Å²) in [5.41, 5.74) is 0. The predicted molar refractivity (Wildman–Crippen MR) is 105 cm³/mol. The molecule has 1 aromatic rings. The number of amides is 1. The van der Waals surface area contributed by atoms with E-state index in [1.807, 2.05) is 13.8 Å². The third-order valence-electron chi connectivity index (χ3n) is 4.01. The molecule has 1 amide bonds. The first-order valence-corrected chi connectivity index (χ1v) is 10.9. The molecule has 1 aliphatic carbocycles. The lowest BCUT2D eigenvalue weighted by Crippen LogP contribution is -2.37. The SMILES string of the molecule is CC(C)CNC(=O)[C@H](C)OC(=O)CSc1nnc(NC2CCCCC2)s1. The van der Waals surface area contributed by atoms with Gasteiger partial charge in [-0.3, -0.25) is 9.59 Å². The topological polar surface area (TPSA) is 93.2 Å². The molecule has 146 valence electrons. The van der Waals surface area contributed by atoms with Crippen molar-refractivity contribution in [3.63, 3.8) is 0 Å². The van der Waals surface area contributed by atoms with Crippen LogP contribution in [0.1, 0.15) is 52.9 Å². The fourth-order valence-corrected chi connectivity index (χ4v) is 4.21. The number of hydrogen-bond acceptors (Lipinski definition) is 8. The van der Waals surface area contributed by atoms with E-state index in [9.17, 15) is 9.59 Å². The molecule has 1 saturated carbocycles. The standard InChI is InChI=1S/C17H28N4O3S2/c1-11(2)9-18-15(23)12(3)24-14(22)10-25-17-21-20-16(26-17)19-13-7-5-4-6-8-13/h11-13H,4-10H2,1-3H3,(H,18,23)(H,19,20)/t12-/m0/s1. The monoisotopic (exact) mass is 400 g/mol. The average molecular weight is 401 g/mol. The highest BCUT2D eigenvalue weighted by Gasteiger charge is 2.19. The van der Waals surface area contributed by atoms with Crippen LogP contribution >= 0.6 is 23.1 Å². The van der Waals surface area contributed by atoms with Crippen LogP contribution < -0.4 is 10.6 Å². The van der Waals surface area contributed by atoms with Gasteiger partial charge in [-0.25, -0.2) is 0 Å². The first-order valence-electron chi connectivity index (χ1n) is 9.14. The molecular formula is C17H28N4O3S2. The zero-order valence-corrected chi connectivity index (χ0v) is 17.3. The van der Waals surface area contributed by atoms with Crippen LogP contribution in [-0.2, 0) is 14.3 Å². The van der Waals surface area contributed by atoms with E-state index in [0.717, 1.165) is 9.47 Å². The number of nitrogens with one attached hydrogen (secondary N) is 2. The fraction of sp³-hybridized carbons (Fsp3) is 0.765. The van der Waals surface area contributed by atoms with E-state index < -0.39 is 12.1 Å². The third kappa shape index (κ3) is 7.49. The first kappa shape index (κ1) is 21.0. The molecule has 0 bridgehead atoms. The van der Waals surface area contributed by atoms with Crippen LogP contribution in [0.3, 0.4) is 0 Å². The quantitative estimate of drug-likeness (QED) is 0.486. The summed E-state index contributed by atoms with van der Waals surface area (Å²) < 4.78 is 5.88. The van der Waals surface area contributed by atoms with Crippen LogP contribution in [0.25, 0.3) is 0 Å². The van der Waals surface area contributed by atoms with E-state index >= 15 is 0 Å². The largest absolute Gasteiger partial charge is 0.452 e. The molecule has 0 aliphatic heterocycles. The van der Waals surface area contributed by atoms with E-state index in [1.54, 1.807) is 6.92 Å². The molecule has 0 spiro atoms. The second-order valence-corrected chi connectivity index (χ2v) is 9.11. The van der Waals surface area contributed by atoms with Crippen molar-refractivity contribution in [3.05, 3.63) is 0 Å². The summed E-state index contributed by atoms with van der Waals surface area (Å²) in [5, 5.41) is 15.2. The lowest BCUT2D eigenvalue weighted by Gasteiger charge is -2.21. The Morgan fingerprint density at radius 1 is 1.23 bits per heavy atom. The summed E-state index contributed by atoms with van der Waals surface area (Å²) in [7, 11) is 0. The van der Waals surface area contributed by atoms with Crippen molar-refractivity contribution in [2.75, 3.05) is 17.6 Å². The van der Waals surface area contributed by atoms with Gasteiger partial charge < -0.3 is 15.4 Å². The normalized spacial score (nSPS) is 16.3. The lowest BCUT2D eigenvalue weighted by atomic mass is 9.96. The molecule has 0 aromatic carbocycles. The minimum Gasteiger partial charge on any atom is -0.452 e. The molecule has 1 atom stereocenters. The average Bonchev–Trinajstić information content (AvgIpc) is 3.06. The van der Waals surface area contributed by atoms with Crippen molar-refractivity contribution >= 4 is 40.1 Å². The Bertz CT molecular complexity index is 588. The van der Waals surface area contributed by atoms with Crippen molar-refractivity contribution in [1.82, 2.24) is 15.5 Å². The van der Waals surface area contributed by atoms with Gasteiger partial charge in [-0.2, -0.15) is 0 Å². The minimum atomic E-state index is -0.792. The highest BCUT2D eigenvalue weighted by atomic mass is 32.2. The Hall–Kier alpha value is -1.35. The molecule has 1 aromatic heterocycles. The van der Waals surface area contributed by atoms with Crippen molar-refractivity contribution in [2.24, 2.45) is 5.92 Å². The van der Waals surface area contributed by atoms with E-state index in [0.29, 0.717) is 18.5 Å². The summed E-state index contributed by atoms with van der Waals surface area (Å²) in [5.74, 6) is -0.239. The van der Waals surface area contributed by atoms with Crippen LogP contribution in [0, 0.1) is 5.92 Å². The number of aromatic nitrogens is 2. The molecule has 9 heteroatoms. The van der Waals surface area contributed by atoms with Crippen molar-refractivity contribution in [1.29, 1.82) is 0 Å². The van der Waals surface area contributed by atoms with Crippen LogP contribution in [-0.4, -0.2) is 46.5 Å². The van der Waals surface area contributed by atoms with Gasteiger partial charge in [0.2, 0.25) is 5.13 Å². The molecule has 0 radical (unpaired) electrons. The Balaban J connectivity index is 1.69. The van der Waals surface area contributed by atoms with Gasteiger partial charge in [0.15, 0.2) is 10.4 Å². The molecule has 1 aliphatic rings. The highest BCUT2D eigenvalue weighted by molar-refractivity contribution is 8.01. The Morgan fingerprint density at radius 3 is 2.65 bits per heavy atom. The van der Waals surface area contributed by atoms with E-state index in [4.69, 9.17) is 4.74 Å². The lowest BCUT2D eigenvalue weighted by molar-refractivity contribution is -0.152. The first-order chi connectivity index (χ1) is 12.4. The van der Waals surface area contributed by atoms with Gasteiger partial charge in [-0.1, -0.05) is 56.2 Å². The van der Waals surface area contributed by atoms with Crippen molar-refractivity contribution in [3.8, 4) is 0 Å². The zero-order chi connectivity index (χ0) is 18.9. The predicted octanol–water partition coefficient (Wildman–Crippen LogP) is 3.08. The maximum absolute atomic E-state index is 11.9. The number of esters is 1. The van der Waals surface area contributed by atoms with Crippen LogP contribution in [0.2, 0.25) is 0 Å². The highest BCUT2D eigenvalue weighted by Crippen LogP contribution is 2.28. The van der Waals surface area contributed by atoms with E-state index in [-0.39, 0.29) is 11.7 Å². The minimum absolute atomic E-state index is 0.111. The summed E-state index contributed by atoms with van der Waals surface area (Å²) in [6.45, 7) is 6.16. The number of thioether (sulfide) groups is 1.